The highest BCUT2D eigenvalue weighted by molar-refractivity contribution is 6.46. The Kier molecular flexibility index (Phi) is 6.39. The van der Waals surface area contributed by atoms with Crippen molar-refractivity contribution >= 4 is 29.1 Å². The number of likely N-dealkylation sites (tertiary alicyclic amines) is 1. The van der Waals surface area contributed by atoms with Crippen molar-refractivity contribution in [2.45, 2.75) is 12.5 Å². The zero-order valence-electron chi connectivity index (χ0n) is 18.0. The van der Waals surface area contributed by atoms with Crippen LogP contribution in [0, 0.1) is 0 Å². The second-order valence-electron chi connectivity index (χ2n) is 8.06. The van der Waals surface area contributed by atoms with Gasteiger partial charge in [-0.2, -0.15) is 0 Å². The maximum absolute atomic E-state index is 13.1. The lowest BCUT2D eigenvalue weighted by Gasteiger charge is -2.26. The third kappa shape index (κ3) is 4.31. The molecule has 0 aliphatic carbocycles. The molecule has 0 radical (unpaired) electrons. The number of fused-ring (bicyclic) bond motifs is 1. The molecule has 8 heteroatoms. The number of amides is 1. The fourth-order valence-electron chi connectivity index (χ4n) is 4.01. The third-order valence-electron chi connectivity index (χ3n) is 5.55. The molecule has 1 N–H and O–H groups in total. The Labute approximate surface area is 191 Å². The monoisotopic (exact) mass is 456 g/mol. The van der Waals surface area contributed by atoms with E-state index < -0.39 is 17.7 Å². The molecule has 2 aliphatic rings. The van der Waals surface area contributed by atoms with Gasteiger partial charge in [0.15, 0.2) is 11.5 Å². The Bertz CT molecular complexity index is 1060. The summed E-state index contributed by atoms with van der Waals surface area (Å²) >= 11 is 6.05. The molecule has 2 aromatic rings. The summed E-state index contributed by atoms with van der Waals surface area (Å²) in [5, 5.41) is 11.7. The smallest absolute Gasteiger partial charge is 0.295 e. The summed E-state index contributed by atoms with van der Waals surface area (Å²) in [6, 6.07) is 11.2. The van der Waals surface area contributed by atoms with Crippen molar-refractivity contribution in [1.29, 1.82) is 0 Å². The number of hydrogen-bond acceptors (Lipinski definition) is 6. The van der Waals surface area contributed by atoms with E-state index in [9.17, 15) is 14.7 Å². The number of carbonyl (C=O) groups is 2. The van der Waals surface area contributed by atoms with Crippen molar-refractivity contribution < 1.29 is 24.2 Å². The predicted molar refractivity (Wildman–Crippen MR) is 121 cm³/mol. The Hall–Kier alpha value is -3.03. The fourth-order valence-corrected chi connectivity index (χ4v) is 4.13. The van der Waals surface area contributed by atoms with E-state index in [0.717, 1.165) is 6.54 Å². The molecule has 2 aliphatic heterocycles. The average molecular weight is 457 g/mol. The van der Waals surface area contributed by atoms with Crippen LogP contribution in [0.15, 0.2) is 48.0 Å². The Morgan fingerprint density at radius 1 is 1.09 bits per heavy atom. The number of ether oxygens (including phenoxy) is 2. The number of aliphatic hydroxyl groups excluding tert-OH is 1. The molecule has 1 amide bonds. The van der Waals surface area contributed by atoms with E-state index in [4.69, 9.17) is 21.1 Å². The molecule has 7 nitrogen and oxygen atoms in total. The highest BCUT2D eigenvalue weighted by atomic mass is 35.5. The first-order valence-electron chi connectivity index (χ1n) is 10.5. The lowest BCUT2D eigenvalue weighted by atomic mass is 9.95. The summed E-state index contributed by atoms with van der Waals surface area (Å²) in [6.45, 7) is 2.00. The molecule has 2 aromatic carbocycles. The van der Waals surface area contributed by atoms with Gasteiger partial charge in [-0.15, -0.1) is 0 Å². The topological polar surface area (TPSA) is 79.3 Å². The molecule has 0 spiro atoms. The van der Waals surface area contributed by atoms with Crippen LogP contribution in [0.2, 0.25) is 5.02 Å². The van der Waals surface area contributed by atoms with Crippen molar-refractivity contribution in [2.75, 3.05) is 40.4 Å². The van der Waals surface area contributed by atoms with Gasteiger partial charge in [0.25, 0.3) is 11.7 Å². The molecule has 168 valence electrons. The van der Waals surface area contributed by atoms with Gasteiger partial charge < -0.3 is 24.4 Å². The molecule has 0 saturated carbocycles. The van der Waals surface area contributed by atoms with Gasteiger partial charge in [0.2, 0.25) is 0 Å². The van der Waals surface area contributed by atoms with E-state index in [1.54, 1.807) is 42.5 Å². The largest absolute Gasteiger partial charge is 0.507 e. The van der Waals surface area contributed by atoms with Crippen molar-refractivity contribution in [3.8, 4) is 11.5 Å². The Balaban J connectivity index is 1.77. The van der Waals surface area contributed by atoms with E-state index in [0.29, 0.717) is 53.8 Å². The van der Waals surface area contributed by atoms with Crippen LogP contribution in [0.1, 0.15) is 23.6 Å². The summed E-state index contributed by atoms with van der Waals surface area (Å²) in [5.74, 6) is -0.505. The summed E-state index contributed by atoms with van der Waals surface area (Å²) in [7, 11) is 3.90. The standard InChI is InChI=1S/C24H25ClN2O5/c1-26(2)10-3-11-27-21(15-4-7-17(25)8-5-15)20(23(29)24(27)30)22(28)16-6-9-18-19(14-16)32-13-12-31-18/h4-9,14,21,28H,3,10-13H2,1-2H3/t21-/m1/s1. The number of rotatable bonds is 6. The quantitative estimate of drug-likeness (QED) is 0.407. The maximum atomic E-state index is 13.1. The highest BCUT2D eigenvalue weighted by Crippen LogP contribution is 2.41. The number of carbonyl (C=O) groups excluding carboxylic acids is 2. The molecule has 0 aromatic heterocycles. The second-order valence-corrected chi connectivity index (χ2v) is 8.50. The number of Topliss-reactive ketones (excluding diaryl/α,β-unsaturated/α-hetero) is 1. The Morgan fingerprint density at radius 3 is 2.47 bits per heavy atom. The molecular formula is C24H25ClN2O5. The molecule has 4 rings (SSSR count). The van der Waals surface area contributed by atoms with Crippen molar-refractivity contribution in [3.05, 3.63) is 64.2 Å². The number of halogens is 1. The number of hydrogen-bond donors (Lipinski definition) is 1. The first-order valence-corrected chi connectivity index (χ1v) is 10.8. The van der Waals surface area contributed by atoms with E-state index >= 15 is 0 Å². The van der Waals surface area contributed by atoms with Gasteiger partial charge in [-0.05, 0) is 63.0 Å². The lowest BCUT2D eigenvalue weighted by molar-refractivity contribution is -0.139. The minimum atomic E-state index is -0.706. The summed E-state index contributed by atoms with van der Waals surface area (Å²) in [4.78, 5) is 29.6. The van der Waals surface area contributed by atoms with Crippen LogP contribution in [-0.2, 0) is 9.59 Å². The van der Waals surface area contributed by atoms with Crippen LogP contribution < -0.4 is 9.47 Å². The highest BCUT2D eigenvalue weighted by Gasteiger charge is 2.45. The Morgan fingerprint density at radius 2 is 1.78 bits per heavy atom. The lowest BCUT2D eigenvalue weighted by Crippen LogP contribution is -2.32. The first kappa shape index (κ1) is 22.2. The molecule has 1 saturated heterocycles. The zero-order valence-corrected chi connectivity index (χ0v) is 18.8. The number of nitrogens with zero attached hydrogens (tertiary/aromatic N) is 2. The van der Waals surface area contributed by atoms with Gasteiger partial charge in [0, 0.05) is 17.1 Å². The predicted octanol–water partition coefficient (Wildman–Crippen LogP) is 3.48. The van der Waals surface area contributed by atoms with E-state index in [1.165, 1.54) is 4.90 Å². The van der Waals surface area contributed by atoms with E-state index in [1.807, 2.05) is 19.0 Å². The van der Waals surface area contributed by atoms with Crippen LogP contribution in [0.4, 0.5) is 0 Å². The van der Waals surface area contributed by atoms with Crippen LogP contribution in [-0.4, -0.2) is 67.0 Å². The third-order valence-corrected chi connectivity index (χ3v) is 5.80. The summed E-state index contributed by atoms with van der Waals surface area (Å²) < 4.78 is 11.1. The summed E-state index contributed by atoms with van der Waals surface area (Å²) in [5.41, 5.74) is 1.15. The van der Waals surface area contributed by atoms with Crippen LogP contribution >= 0.6 is 11.6 Å². The minimum absolute atomic E-state index is 0.0545. The minimum Gasteiger partial charge on any atom is -0.507 e. The summed E-state index contributed by atoms with van der Waals surface area (Å²) in [6.07, 6.45) is 0.689. The molecule has 32 heavy (non-hydrogen) atoms. The van der Waals surface area contributed by atoms with Gasteiger partial charge in [0.05, 0.1) is 11.6 Å². The van der Waals surface area contributed by atoms with Gasteiger partial charge in [0.1, 0.15) is 19.0 Å². The fraction of sp³-hybridized carbons (Fsp3) is 0.333. The van der Waals surface area contributed by atoms with Crippen LogP contribution in [0.3, 0.4) is 0 Å². The van der Waals surface area contributed by atoms with E-state index in [-0.39, 0.29) is 11.3 Å². The normalized spacial score (nSPS) is 19.6. The second kappa shape index (κ2) is 9.22. The molecule has 2 heterocycles. The number of benzene rings is 2. The molecular weight excluding hydrogens is 432 g/mol. The maximum Gasteiger partial charge on any atom is 0.295 e. The van der Waals surface area contributed by atoms with Gasteiger partial charge >= 0.3 is 0 Å². The average Bonchev–Trinajstić information content (AvgIpc) is 3.03. The zero-order chi connectivity index (χ0) is 22.8. The molecule has 1 atom stereocenters. The van der Waals surface area contributed by atoms with Gasteiger partial charge in [-0.25, -0.2) is 0 Å². The molecule has 1 fully saturated rings. The van der Waals surface area contributed by atoms with Gasteiger partial charge in [-0.1, -0.05) is 23.7 Å². The van der Waals surface area contributed by atoms with Crippen molar-refractivity contribution in [2.24, 2.45) is 0 Å². The molecule has 0 unspecified atom stereocenters. The van der Waals surface area contributed by atoms with Crippen molar-refractivity contribution in [3.63, 3.8) is 0 Å². The first-order chi connectivity index (χ1) is 15.4. The van der Waals surface area contributed by atoms with Crippen molar-refractivity contribution in [1.82, 2.24) is 9.80 Å². The van der Waals surface area contributed by atoms with Gasteiger partial charge in [-0.3, -0.25) is 9.59 Å². The van der Waals surface area contributed by atoms with Crippen LogP contribution in [0.25, 0.3) is 5.76 Å². The van der Waals surface area contributed by atoms with Crippen LogP contribution in [0.5, 0.6) is 11.5 Å². The van der Waals surface area contributed by atoms with E-state index in [2.05, 4.69) is 0 Å². The molecule has 0 bridgehead atoms. The number of aliphatic hydroxyl groups is 1. The SMILES string of the molecule is CN(C)CCCN1C(=O)C(=O)C(=C(O)c2ccc3c(c2)OCCO3)[C@H]1c1ccc(Cl)cc1. The number of ketones is 1.